The van der Waals surface area contributed by atoms with Crippen LogP contribution in [0.25, 0.3) is 10.9 Å². The average Bonchev–Trinajstić information content (AvgIpc) is 3.19. The molecule has 4 heterocycles. The number of aromatic amines is 1. The maximum absolute atomic E-state index is 13.2. The molecule has 8 rings (SSSR count). The van der Waals surface area contributed by atoms with E-state index in [2.05, 4.69) is 20.5 Å². The number of aliphatic hydroxyl groups is 1. The van der Waals surface area contributed by atoms with Crippen molar-refractivity contribution in [3.8, 4) is 5.75 Å². The van der Waals surface area contributed by atoms with Crippen LogP contribution >= 0.6 is 0 Å². The Morgan fingerprint density at radius 1 is 0.887 bits per heavy atom. The molecule has 3 fully saturated rings. The van der Waals surface area contributed by atoms with Crippen LogP contribution in [0.4, 0.5) is 4.79 Å². The lowest BCUT2D eigenvalue weighted by molar-refractivity contribution is -0.0336. The number of alkyl carbamates (subject to hydrolysis) is 1. The summed E-state index contributed by atoms with van der Waals surface area (Å²) in [6.45, 7) is 3.91. The van der Waals surface area contributed by atoms with Gasteiger partial charge < -0.3 is 35.3 Å². The van der Waals surface area contributed by atoms with Crippen molar-refractivity contribution >= 4 is 23.0 Å². The van der Waals surface area contributed by atoms with Gasteiger partial charge in [0.25, 0.3) is 0 Å². The van der Waals surface area contributed by atoms with Crippen LogP contribution in [0.2, 0.25) is 0 Å². The van der Waals surface area contributed by atoms with Crippen LogP contribution in [0, 0.1) is 5.92 Å². The molecule has 5 aromatic rings. The third kappa shape index (κ3) is 8.77. The Morgan fingerprint density at radius 3 is 2.40 bits per heavy atom. The van der Waals surface area contributed by atoms with E-state index in [1.165, 1.54) is 12.1 Å². The molecule has 0 aliphatic carbocycles. The number of nitrogens with zero attached hydrogens (tertiary/aromatic N) is 1. The number of amides is 1. The number of esters is 1. The maximum atomic E-state index is 13.2. The van der Waals surface area contributed by atoms with Gasteiger partial charge in [-0.05, 0) is 96.9 Å². The molecule has 0 spiro atoms. The van der Waals surface area contributed by atoms with E-state index in [1.54, 1.807) is 30.3 Å². The summed E-state index contributed by atoms with van der Waals surface area (Å²) in [5, 5.41) is 27.8. The third-order valence-corrected chi connectivity index (χ3v) is 10.3. The minimum absolute atomic E-state index is 0.0476. The van der Waals surface area contributed by atoms with Gasteiger partial charge in [-0.15, -0.1) is 0 Å². The fourth-order valence-electron chi connectivity index (χ4n) is 7.35. The first-order chi connectivity index (χ1) is 25.8. The molecule has 3 saturated heterocycles. The molecule has 11 heteroatoms. The van der Waals surface area contributed by atoms with Gasteiger partial charge in [0, 0.05) is 24.5 Å². The molecule has 274 valence electrons. The summed E-state index contributed by atoms with van der Waals surface area (Å²) in [6, 6.07) is 30.2. The number of fused-ring (bicyclic) bond motifs is 4. The van der Waals surface area contributed by atoms with Crippen LogP contribution in [-0.4, -0.2) is 71.0 Å². The molecule has 2 bridgehead atoms. The highest BCUT2D eigenvalue weighted by Crippen LogP contribution is 2.31. The second kappa shape index (κ2) is 16.5. The number of phenols is 1. The summed E-state index contributed by atoms with van der Waals surface area (Å²) in [7, 11) is 0. The number of H-pyrrole nitrogens is 1. The van der Waals surface area contributed by atoms with E-state index in [1.807, 2.05) is 60.7 Å². The van der Waals surface area contributed by atoms with Crippen LogP contribution in [0.15, 0.2) is 108 Å². The number of nitrogens with one attached hydrogen (secondary N) is 3. The van der Waals surface area contributed by atoms with Gasteiger partial charge in [-0.3, -0.25) is 9.69 Å². The third-order valence-electron chi connectivity index (χ3n) is 10.3. The van der Waals surface area contributed by atoms with E-state index in [-0.39, 0.29) is 24.0 Å². The number of phenolic OH excluding ortho intramolecular Hbond substituents is 1. The maximum Gasteiger partial charge on any atom is 0.408 e. The highest BCUT2D eigenvalue weighted by atomic mass is 16.6. The number of carbonyl (C=O) groups is 2. The van der Waals surface area contributed by atoms with Crippen molar-refractivity contribution in [3.63, 3.8) is 0 Å². The predicted octanol–water partition coefficient (Wildman–Crippen LogP) is 5.37. The number of pyridine rings is 1. The van der Waals surface area contributed by atoms with E-state index < -0.39 is 24.2 Å². The van der Waals surface area contributed by atoms with E-state index >= 15 is 0 Å². The second-order valence-electron chi connectivity index (χ2n) is 13.8. The van der Waals surface area contributed by atoms with Crippen molar-refractivity contribution in [3.05, 3.63) is 147 Å². The molecule has 0 radical (unpaired) electrons. The first-order valence-electron chi connectivity index (χ1n) is 18.1. The number of rotatable bonds is 13. The zero-order chi connectivity index (χ0) is 36.7. The Morgan fingerprint density at radius 2 is 1.64 bits per heavy atom. The zero-order valence-corrected chi connectivity index (χ0v) is 29.4. The number of carbonyl (C=O) groups excluding carboxylic acids is 2. The molecule has 1 aromatic heterocycles. The van der Waals surface area contributed by atoms with Gasteiger partial charge in [-0.2, -0.15) is 0 Å². The van der Waals surface area contributed by atoms with Gasteiger partial charge in [0.1, 0.15) is 18.5 Å². The average molecular weight is 717 g/mol. The van der Waals surface area contributed by atoms with E-state index in [4.69, 9.17) is 9.47 Å². The van der Waals surface area contributed by atoms with Crippen LogP contribution in [0.3, 0.4) is 0 Å². The molecule has 3 aliphatic heterocycles. The van der Waals surface area contributed by atoms with Crippen molar-refractivity contribution in [2.24, 2.45) is 5.92 Å². The van der Waals surface area contributed by atoms with Crippen molar-refractivity contribution in [2.75, 3.05) is 32.7 Å². The number of aromatic hydroxyl groups is 1. The lowest BCUT2D eigenvalue weighted by Gasteiger charge is -2.43. The minimum atomic E-state index is -0.835. The van der Waals surface area contributed by atoms with Crippen LogP contribution in [0.1, 0.15) is 63.2 Å². The fourth-order valence-corrected chi connectivity index (χ4v) is 7.35. The fraction of sp³-hybridized carbons (Fsp3) is 0.310. The Labute approximate surface area is 307 Å². The van der Waals surface area contributed by atoms with Crippen molar-refractivity contribution in [2.45, 2.75) is 44.1 Å². The van der Waals surface area contributed by atoms with Crippen molar-refractivity contribution in [1.82, 2.24) is 20.5 Å². The molecule has 3 unspecified atom stereocenters. The standard InChI is InChI=1S/C42H44N4O7/c47-35-15-13-33(34-14-16-38(49)44-40(34)35)36(48)24-43-20-17-27-9-11-28(12-10-27)26-52-41(50)32-8-4-7-31(23-32)39(30-5-2-1-3-6-30)45-42(51)53-37-25-46-21-18-29(37)19-22-46/h1-16,23,29,36-37,39,43,47-48H,17-22,24-26H2,(H,44,49)(H,45,51). The Balaban J connectivity index is 0.907. The lowest BCUT2D eigenvalue weighted by atomic mass is 9.86. The number of aliphatic hydroxyl groups excluding tert-OH is 1. The first kappa shape index (κ1) is 35.9. The number of hydrogen-bond acceptors (Lipinski definition) is 9. The molecule has 5 N–H and O–H groups in total. The van der Waals surface area contributed by atoms with E-state index in [9.17, 15) is 24.6 Å². The first-order valence-corrected chi connectivity index (χ1v) is 18.1. The van der Waals surface area contributed by atoms with Gasteiger partial charge in [0.15, 0.2) is 0 Å². The number of ether oxygens (including phenoxy) is 2. The van der Waals surface area contributed by atoms with E-state index in [0.717, 1.165) is 54.7 Å². The number of benzene rings is 4. The van der Waals surface area contributed by atoms with Crippen LogP contribution in [0.5, 0.6) is 5.75 Å². The summed E-state index contributed by atoms with van der Waals surface area (Å²) >= 11 is 0. The second-order valence-corrected chi connectivity index (χ2v) is 13.8. The normalized spacial score (nSPS) is 19.0. The van der Waals surface area contributed by atoms with Crippen molar-refractivity contribution in [1.29, 1.82) is 0 Å². The van der Waals surface area contributed by atoms with Gasteiger partial charge in [-0.25, -0.2) is 9.59 Å². The van der Waals surface area contributed by atoms with Gasteiger partial charge in [0.2, 0.25) is 5.56 Å². The van der Waals surface area contributed by atoms with Crippen LogP contribution in [-0.2, 0) is 22.5 Å². The number of piperidine rings is 3. The Hall–Kier alpha value is -5.49. The topological polar surface area (TPSA) is 153 Å². The summed E-state index contributed by atoms with van der Waals surface area (Å²) in [4.78, 5) is 43.0. The summed E-state index contributed by atoms with van der Waals surface area (Å²) in [6.07, 6.45) is 1.39. The van der Waals surface area contributed by atoms with Gasteiger partial charge in [-0.1, -0.05) is 72.8 Å². The van der Waals surface area contributed by atoms with Gasteiger partial charge in [0.05, 0.1) is 23.2 Å². The Kier molecular flexibility index (Phi) is 11.1. The SMILES string of the molecule is O=C(NC(c1ccccc1)c1cccc(C(=O)OCc2ccc(CCNCC(O)c3ccc(O)c4[nH]c(=O)ccc34)cc2)c1)OC1CN2CCC1CC2. The smallest absolute Gasteiger partial charge is 0.408 e. The molecular weight excluding hydrogens is 672 g/mol. The van der Waals surface area contributed by atoms with Crippen molar-refractivity contribution < 1.29 is 29.3 Å². The summed E-state index contributed by atoms with van der Waals surface area (Å²) in [5.41, 5.74) is 4.51. The largest absolute Gasteiger partial charge is 0.506 e. The van der Waals surface area contributed by atoms with Crippen LogP contribution < -0.4 is 16.2 Å². The number of aromatic nitrogens is 1. The molecule has 3 atom stereocenters. The molecule has 0 saturated carbocycles. The Bertz CT molecular complexity index is 2100. The zero-order valence-electron chi connectivity index (χ0n) is 29.4. The molecule has 4 aromatic carbocycles. The number of hydrogen-bond donors (Lipinski definition) is 5. The predicted molar refractivity (Wildman–Crippen MR) is 201 cm³/mol. The molecule has 1 amide bonds. The monoisotopic (exact) mass is 716 g/mol. The quantitative estimate of drug-likeness (QED) is 0.0800. The van der Waals surface area contributed by atoms with Gasteiger partial charge >= 0.3 is 12.1 Å². The van der Waals surface area contributed by atoms with E-state index in [0.29, 0.717) is 47.5 Å². The highest BCUT2D eigenvalue weighted by molar-refractivity contribution is 5.90. The molecular formula is C42H44N4O7. The highest BCUT2D eigenvalue weighted by Gasteiger charge is 2.37. The molecule has 11 nitrogen and oxygen atoms in total. The molecule has 53 heavy (non-hydrogen) atoms. The summed E-state index contributed by atoms with van der Waals surface area (Å²) in [5.74, 6) is -0.116. The molecule has 3 aliphatic rings. The summed E-state index contributed by atoms with van der Waals surface area (Å²) < 4.78 is 11.6. The lowest BCUT2D eigenvalue weighted by Crippen LogP contribution is -2.52. The minimum Gasteiger partial charge on any atom is -0.506 e.